The van der Waals surface area contributed by atoms with Crippen molar-refractivity contribution in [2.75, 3.05) is 31.6 Å². The zero-order valence-electron chi connectivity index (χ0n) is 12.3. The average molecular weight is 334 g/mol. The molecule has 3 rings (SSSR count). The number of benzene rings is 1. The molecule has 2 amide bonds. The third kappa shape index (κ3) is 3.55. The van der Waals surface area contributed by atoms with E-state index in [-0.39, 0.29) is 11.8 Å². The number of aromatic amines is 1. The van der Waals surface area contributed by atoms with E-state index >= 15 is 0 Å². The number of anilines is 1. The summed E-state index contributed by atoms with van der Waals surface area (Å²) < 4.78 is 5.23. The van der Waals surface area contributed by atoms with Gasteiger partial charge in [-0.25, -0.2) is 0 Å². The number of aromatic nitrogens is 1. The number of rotatable bonds is 3. The molecule has 6 nitrogen and oxygen atoms in total. The monoisotopic (exact) mass is 333 g/mol. The summed E-state index contributed by atoms with van der Waals surface area (Å²) in [5, 5.41) is 3.08. The molecule has 7 heteroatoms. The van der Waals surface area contributed by atoms with Crippen LogP contribution in [0.1, 0.15) is 20.8 Å². The number of nitrogens with zero attached hydrogens (tertiary/aromatic N) is 1. The Hall–Kier alpha value is -2.31. The summed E-state index contributed by atoms with van der Waals surface area (Å²) in [4.78, 5) is 29.2. The summed E-state index contributed by atoms with van der Waals surface area (Å²) in [7, 11) is 0. The van der Waals surface area contributed by atoms with E-state index in [1.165, 1.54) is 0 Å². The Morgan fingerprint density at radius 3 is 2.61 bits per heavy atom. The van der Waals surface area contributed by atoms with Gasteiger partial charge in [0.25, 0.3) is 11.8 Å². The van der Waals surface area contributed by atoms with E-state index in [9.17, 15) is 9.59 Å². The molecule has 23 heavy (non-hydrogen) atoms. The highest BCUT2D eigenvalue weighted by molar-refractivity contribution is 6.34. The Bertz CT molecular complexity index is 723. The van der Waals surface area contributed by atoms with Crippen LogP contribution < -0.4 is 5.32 Å². The van der Waals surface area contributed by atoms with Gasteiger partial charge in [-0.3, -0.25) is 9.59 Å². The molecule has 0 radical (unpaired) electrons. The molecule has 0 aliphatic carbocycles. The van der Waals surface area contributed by atoms with Gasteiger partial charge < -0.3 is 19.9 Å². The van der Waals surface area contributed by atoms with Crippen molar-refractivity contribution >= 4 is 29.2 Å². The first kappa shape index (κ1) is 15.6. The summed E-state index contributed by atoms with van der Waals surface area (Å²) >= 11 is 6.00. The van der Waals surface area contributed by atoms with E-state index < -0.39 is 0 Å². The lowest BCUT2D eigenvalue weighted by atomic mass is 10.2. The van der Waals surface area contributed by atoms with E-state index in [2.05, 4.69) is 10.3 Å². The Morgan fingerprint density at radius 2 is 1.87 bits per heavy atom. The van der Waals surface area contributed by atoms with E-state index in [1.54, 1.807) is 41.3 Å². The maximum Gasteiger partial charge on any atom is 0.270 e. The number of morpholine rings is 1. The van der Waals surface area contributed by atoms with Gasteiger partial charge in [0.1, 0.15) is 11.5 Å². The third-order valence-corrected chi connectivity index (χ3v) is 3.91. The van der Waals surface area contributed by atoms with Crippen molar-refractivity contribution in [1.29, 1.82) is 0 Å². The minimum absolute atomic E-state index is 0.105. The number of ether oxygens (including phenoxy) is 1. The lowest BCUT2D eigenvalue weighted by Crippen LogP contribution is -2.40. The minimum Gasteiger partial charge on any atom is -0.378 e. The van der Waals surface area contributed by atoms with Gasteiger partial charge >= 0.3 is 0 Å². The molecule has 1 aliphatic rings. The number of amides is 2. The minimum atomic E-state index is -0.331. The zero-order chi connectivity index (χ0) is 16.2. The van der Waals surface area contributed by atoms with Gasteiger partial charge in [-0.05, 0) is 24.3 Å². The van der Waals surface area contributed by atoms with Crippen molar-refractivity contribution in [3.05, 3.63) is 52.7 Å². The normalized spacial score (nSPS) is 14.6. The Labute approximate surface area is 138 Å². The van der Waals surface area contributed by atoms with Crippen molar-refractivity contribution < 1.29 is 14.3 Å². The Balaban J connectivity index is 1.68. The fourth-order valence-corrected chi connectivity index (χ4v) is 2.59. The molecule has 2 N–H and O–H groups in total. The molecule has 1 aliphatic heterocycles. The second-order valence-corrected chi connectivity index (χ2v) is 5.53. The maximum absolute atomic E-state index is 12.3. The molecule has 2 heterocycles. The number of nitrogens with one attached hydrogen (secondary N) is 2. The quantitative estimate of drug-likeness (QED) is 0.905. The summed E-state index contributed by atoms with van der Waals surface area (Å²) in [6.45, 7) is 2.23. The molecule has 120 valence electrons. The van der Waals surface area contributed by atoms with Gasteiger partial charge in [-0.15, -0.1) is 0 Å². The molecule has 0 atom stereocenters. The van der Waals surface area contributed by atoms with Crippen LogP contribution >= 0.6 is 11.6 Å². The molecule has 1 fully saturated rings. The third-order valence-electron chi connectivity index (χ3n) is 3.58. The van der Waals surface area contributed by atoms with Crippen molar-refractivity contribution in [2.24, 2.45) is 0 Å². The molecule has 0 unspecified atom stereocenters. The van der Waals surface area contributed by atoms with Crippen molar-refractivity contribution in [3.63, 3.8) is 0 Å². The van der Waals surface area contributed by atoms with E-state index in [1.807, 2.05) is 0 Å². The number of hydrogen-bond donors (Lipinski definition) is 2. The summed E-state index contributed by atoms with van der Waals surface area (Å²) in [6, 6.07) is 10.1. The smallest absolute Gasteiger partial charge is 0.270 e. The second-order valence-electron chi connectivity index (χ2n) is 5.12. The highest BCUT2D eigenvalue weighted by atomic mass is 35.5. The van der Waals surface area contributed by atoms with Gasteiger partial charge in [0.2, 0.25) is 0 Å². The van der Waals surface area contributed by atoms with Crippen LogP contribution in [0.5, 0.6) is 0 Å². The van der Waals surface area contributed by atoms with Crippen molar-refractivity contribution in [2.45, 2.75) is 0 Å². The highest BCUT2D eigenvalue weighted by Crippen LogP contribution is 2.17. The first-order chi connectivity index (χ1) is 11.1. The fraction of sp³-hybridized carbons (Fsp3) is 0.250. The molecule has 1 saturated heterocycles. The molecule has 0 saturated carbocycles. The standard InChI is InChI=1S/C16H16ClN3O3/c17-12-4-2-1-3-11(12)15(21)19-14-6-5-13(18-14)16(22)20-7-9-23-10-8-20/h1-6,18H,7-10H2,(H,19,21). The predicted molar refractivity (Wildman–Crippen MR) is 86.9 cm³/mol. The Morgan fingerprint density at radius 1 is 1.13 bits per heavy atom. The first-order valence-corrected chi connectivity index (χ1v) is 7.65. The summed E-state index contributed by atoms with van der Waals surface area (Å²) in [5.74, 6) is 0.0147. The number of halogens is 1. The molecule has 2 aromatic rings. The molecule has 1 aromatic heterocycles. The van der Waals surface area contributed by atoms with Gasteiger partial charge in [0, 0.05) is 13.1 Å². The first-order valence-electron chi connectivity index (χ1n) is 7.27. The average Bonchev–Trinajstić information content (AvgIpc) is 3.03. The predicted octanol–water partition coefficient (Wildman–Crippen LogP) is 2.39. The van der Waals surface area contributed by atoms with Crippen LogP contribution in [0.15, 0.2) is 36.4 Å². The molecular formula is C16H16ClN3O3. The lowest BCUT2D eigenvalue weighted by Gasteiger charge is -2.26. The molecule has 0 spiro atoms. The molecular weight excluding hydrogens is 318 g/mol. The highest BCUT2D eigenvalue weighted by Gasteiger charge is 2.20. The topological polar surface area (TPSA) is 74.4 Å². The van der Waals surface area contributed by atoms with Gasteiger partial charge in [-0.2, -0.15) is 0 Å². The van der Waals surface area contributed by atoms with Gasteiger partial charge in [0.15, 0.2) is 0 Å². The van der Waals surface area contributed by atoms with Crippen LogP contribution in [0, 0.1) is 0 Å². The number of hydrogen-bond acceptors (Lipinski definition) is 3. The van der Waals surface area contributed by atoms with Crippen molar-refractivity contribution in [3.8, 4) is 0 Å². The van der Waals surface area contributed by atoms with Crippen LogP contribution in [0.25, 0.3) is 0 Å². The zero-order valence-corrected chi connectivity index (χ0v) is 13.1. The maximum atomic E-state index is 12.3. The van der Waals surface area contributed by atoms with Crippen LogP contribution in [0.4, 0.5) is 5.82 Å². The van der Waals surface area contributed by atoms with Crippen LogP contribution in [-0.2, 0) is 4.74 Å². The number of H-pyrrole nitrogens is 1. The summed E-state index contributed by atoms with van der Waals surface area (Å²) in [6.07, 6.45) is 0. The van der Waals surface area contributed by atoms with Gasteiger partial charge in [-0.1, -0.05) is 23.7 Å². The molecule has 0 bridgehead atoms. The molecule has 1 aromatic carbocycles. The van der Waals surface area contributed by atoms with Crippen LogP contribution in [0.3, 0.4) is 0 Å². The van der Waals surface area contributed by atoms with Crippen LogP contribution in [-0.4, -0.2) is 48.0 Å². The largest absolute Gasteiger partial charge is 0.378 e. The Kier molecular flexibility index (Phi) is 4.64. The summed E-state index contributed by atoms with van der Waals surface area (Å²) in [5.41, 5.74) is 0.811. The van der Waals surface area contributed by atoms with Crippen LogP contribution in [0.2, 0.25) is 5.02 Å². The van der Waals surface area contributed by atoms with E-state index in [0.29, 0.717) is 48.4 Å². The van der Waals surface area contributed by atoms with Gasteiger partial charge in [0.05, 0.1) is 23.8 Å². The SMILES string of the molecule is O=C(Nc1ccc(C(=O)N2CCOCC2)[nH]1)c1ccccc1Cl. The van der Waals surface area contributed by atoms with Crippen molar-refractivity contribution in [1.82, 2.24) is 9.88 Å². The number of carbonyl (C=O) groups excluding carboxylic acids is 2. The second kappa shape index (κ2) is 6.85. The number of carbonyl (C=O) groups is 2. The fourth-order valence-electron chi connectivity index (χ4n) is 2.36. The van der Waals surface area contributed by atoms with E-state index in [0.717, 1.165) is 0 Å². The van der Waals surface area contributed by atoms with E-state index in [4.69, 9.17) is 16.3 Å². The lowest BCUT2D eigenvalue weighted by molar-refractivity contribution is 0.0299.